The molecule has 1 saturated carbocycles. The molecule has 27 heavy (non-hydrogen) atoms. The quantitative estimate of drug-likeness (QED) is 0.493. The van der Waals surface area contributed by atoms with E-state index in [9.17, 15) is 0 Å². The summed E-state index contributed by atoms with van der Waals surface area (Å²) in [4.78, 5) is 16.4. The summed E-state index contributed by atoms with van der Waals surface area (Å²) in [6.45, 7) is 0.688. The number of hydrogen-bond donors (Lipinski definition) is 4. The van der Waals surface area contributed by atoms with Crippen molar-refractivity contribution in [3.8, 4) is 0 Å². The number of rotatable bonds is 5. The lowest BCUT2D eigenvalue weighted by molar-refractivity contribution is 0.345. The van der Waals surface area contributed by atoms with Gasteiger partial charge in [-0.05, 0) is 31.0 Å². The highest BCUT2D eigenvalue weighted by atomic mass is 35.5. The maximum absolute atomic E-state index is 6.00. The minimum atomic E-state index is 0. The van der Waals surface area contributed by atoms with E-state index >= 15 is 0 Å². The second-order valence-electron chi connectivity index (χ2n) is 6.49. The van der Waals surface area contributed by atoms with Crippen LogP contribution in [-0.4, -0.2) is 32.5 Å². The number of nitrogen functional groups attached to an aromatic ring is 1. The monoisotopic (exact) mass is 429 g/mol. The number of H-pyrrole nitrogens is 1. The lowest BCUT2D eigenvalue weighted by atomic mass is 9.78. The summed E-state index contributed by atoms with van der Waals surface area (Å²) in [5.74, 6) is 2.32. The fraction of sp³-hybridized carbons (Fsp3) is 0.353. The number of nitrogens with one attached hydrogen (secondary N) is 2. The third-order valence-corrected chi connectivity index (χ3v) is 4.75. The number of anilines is 2. The molecule has 3 aromatic rings. The van der Waals surface area contributed by atoms with E-state index in [1.807, 2.05) is 24.3 Å². The summed E-state index contributed by atoms with van der Waals surface area (Å²) in [7, 11) is 0. The summed E-state index contributed by atoms with van der Waals surface area (Å²) in [6, 6.07) is 7.86. The Kier molecular flexibility index (Phi) is 7.11. The lowest BCUT2D eigenvalue weighted by Gasteiger charge is -2.32. The Labute approximate surface area is 174 Å². The van der Waals surface area contributed by atoms with Crippen LogP contribution in [0.15, 0.2) is 24.3 Å². The molecule has 0 aliphatic heterocycles. The van der Waals surface area contributed by atoms with Crippen LogP contribution in [0, 0.1) is 0 Å². The first-order valence-corrected chi connectivity index (χ1v) is 8.72. The Hall–Kier alpha value is -1.80. The second-order valence-corrected chi connectivity index (χ2v) is 6.92. The van der Waals surface area contributed by atoms with E-state index in [0.29, 0.717) is 23.4 Å². The van der Waals surface area contributed by atoms with Crippen molar-refractivity contribution in [2.24, 2.45) is 5.73 Å². The molecule has 0 spiro atoms. The van der Waals surface area contributed by atoms with Gasteiger partial charge in [0.05, 0.1) is 16.7 Å². The van der Waals surface area contributed by atoms with Gasteiger partial charge in [0.25, 0.3) is 0 Å². The minimum absolute atomic E-state index is 0. The zero-order chi connectivity index (χ0) is 17.4. The molecule has 0 atom stereocenters. The van der Waals surface area contributed by atoms with Crippen LogP contribution in [0.2, 0.25) is 5.02 Å². The lowest BCUT2D eigenvalue weighted by Crippen LogP contribution is -2.35. The van der Waals surface area contributed by atoms with Crippen LogP contribution >= 0.6 is 36.4 Å². The normalized spacial score (nSPS) is 18.3. The zero-order valence-electron chi connectivity index (χ0n) is 14.5. The molecule has 1 aliphatic rings. The van der Waals surface area contributed by atoms with Gasteiger partial charge in [0, 0.05) is 36.0 Å². The molecule has 0 bridgehead atoms. The number of aromatic amines is 1. The topological polar surface area (TPSA) is 119 Å². The maximum atomic E-state index is 6.00. The van der Waals surface area contributed by atoms with Crippen molar-refractivity contribution in [2.75, 3.05) is 17.6 Å². The van der Waals surface area contributed by atoms with Crippen LogP contribution in [-0.2, 0) is 6.42 Å². The van der Waals surface area contributed by atoms with Crippen LogP contribution < -0.4 is 16.8 Å². The van der Waals surface area contributed by atoms with E-state index in [1.165, 1.54) is 0 Å². The molecular formula is C17H22Cl3N7. The van der Waals surface area contributed by atoms with Gasteiger partial charge >= 0.3 is 0 Å². The fourth-order valence-electron chi connectivity index (χ4n) is 3.15. The number of nitrogens with zero attached hydrogens (tertiary/aromatic N) is 3. The number of aromatic nitrogens is 4. The smallest absolute Gasteiger partial charge is 0.222 e. The van der Waals surface area contributed by atoms with Gasteiger partial charge in [0.2, 0.25) is 5.95 Å². The largest absolute Gasteiger partial charge is 0.369 e. The van der Waals surface area contributed by atoms with Gasteiger partial charge < -0.3 is 21.8 Å². The molecule has 146 valence electrons. The molecule has 2 heterocycles. The van der Waals surface area contributed by atoms with Crippen molar-refractivity contribution in [3.05, 3.63) is 40.8 Å². The molecular weight excluding hydrogens is 409 g/mol. The summed E-state index contributed by atoms with van der Waals surface area (Å²) in [6.07, 6.45) is 2.65. The van der Waals surface area contributed by atoms with Crippen molar-refractivity contribution in [1.82, 2.24) is 19.9 Å². The van der Waals surface area contributed by atoms with Gasteiger partial charge in [-0.1, -0.05) is 11.6 Å². The summed E-state index contributed by atoms with van der Waals surface area (Å²) in [5, 5.41) is 3.99. The van der Waals surface area contributed by atoms with E-state index < -0.39 is 0 Å². The van der Waals surface area contributed by atoms with Crippen molar-refractivity contribution in [2.45, 2.75) is 31.2 Å². The fourth-order valence-corrected chi connectivity index (χ4v) is 3.32. The van der Waals surface area contributed by atoms with Crippen LogP contribution in [0.3, 0.4) is 0 Å². The Morgan fingerprint density at radius 2 is 1.93 bits per heavy atom. The third kappa shape index (κ3) is 4.93. The Morgan fingerprint density at radius 3 is 2.67 bits per heavy atom. The molecule has 0 unspecified atom stereocenters. The van der Waals surface area contributed by atoms with Gasteiger partial charge in [-0.15, -0.1) is 24.8 Å². The number of benzene rings is 1. The molecule has 4 rings (SSSR count). The Bertz CT molecular complexity index is 909. The molecule has 1 fully saturated rings. The number of imidazole rings is 1. The van der Waals surface area contributed by atoms with Crippen molar-refractivity contribution < 1.29 is 0 Å². The van der Waals surface area contributed by atoms with Gasteiger partial charge in [0.15, 0.2) is 0 Å². The molecule has 6 N–H and O–H groups in total. The van der Waals surface area contributed by atoms with Gasteiger partial charge in [-0.2, -0.15) is 4.98 Å². The summed E-state index contributed by atoms with van der Waals surface area (Å²) < 4.78 is 0. The second kappa shape index (κ2) is 8.93. The number of nitrogens with two attached hydrogens (primary N) is 2. The van der Waals surface area contributed by atoms with Crippen molar-refractivity contribution in [1.29, 1.82) is 0 Å². The van der Waals surface area contributed by atoms with Gasteiger partial charge in [0.1, 0.15) is 11.6 Å². The van der Waals surface area contributed by atoms with Crippen molar-refractivity contribution in [3.63, 3.8) is 0 Å². The zero-order valence-corrected chi connectivity index (χ0v) is 16.9. The molecule has 7 nitrogen and oxygen atoms in total. The first kappa shape index (κ1) is 21.5. The standard InChI is InChI=1S/C17H20ClN7.2ClH/c18-10-1-2-12-14(7-10)23-15(22-12)3-4-21-16-8-13(24-17(20)25-16)9-5-11(19)6-9;;/h1-2,7-9,11H,3-6,19H2,(H,22,23)(H3,20,21,24,25);2*1H. The number of hydrogen-bond acceptors (Lipinski definition) is 6. The third-order valence-electron chi connectivity index (χ3n) is 4.52. The average Bonchev–Trinajstić information content (AvgIpc) is 2.93. The highest BCUT2D eigenvalue weighted by Gasteiger charge is 2.29. The highest BCUT2D eigenvalue weighted by molar-refractivity contribution is 6.31. The van der Waals surface area contributed by atoms with Crippen LogP contribution in [0.4, 0.5) is 11.8 Å². The average molecular weight is 431 g/mol. The summed E-state index contributed by atoms with van der Waals surface area (Å²) >= 11 is 6.00. The first-order valence-electron chi connectivity index (χ1n) is 8.35. The maximum Gasteiger partial charge on any atom is 0.222 e. The highest BCUT2D eigenvalue weighted by Crippen LogP contribution is 2.35. The molecule has 0 amide bonds. The SMILES string of the molecule is Cl.Cl.Nc1nc(NCCc2nc3ccc(Cl)cc3[nH]2)cc(C2CC(N)C2)n1. The van der Waals surface area contributed by atoms with Gasteiger partial charge in [-0.3, -0.25) is 0 Å². The van der Waals surface area contributed by atoms with E-state index in [2.05, 4.69) is 25.3 Å². The van der Waals surface area contributed by atoms with Crippen molar-refractivity contribution >= 4 is 59.2 Å². The predicted octanol–water partition coefficient (Wildman–Crippen LogP) is 3.29. The number of fused-ring (bicyclic) bond motifs is 1. The van der Waals surface area contributed by atoms with E-state index in [-0.39, 0.29) is 30.9 Å². The van der Waals surface area contributed by atoms with Gasteiger partial charge in [-0.25, -0.2) is 9.97 Å². The van der Waals surface area contributed by atoms with E-state index in [0.717, 1.165) is 47.6 Å². The molecule has 2 aromatic heterocycles. The van der Waals surface area contributed by atoms with Crippen LogP contribution in [0.25, 0.3) is 11.0 Å². The van der Waals surface area contributed by atoms with E-state index in [1.54, 1.807) is 0 Å². The van der Waals surface area contributed by atoms with Crippen LogP contribution in [0.5, 0.6) is 0 Å². The minimum Gasteiger partial charge on any atom is -0.369 e. The molecule has 0 saturated heterocycles. The molecule has 10 heteroatoms. The molecule has 1 aliphatic carbocycles. The van der Waals surface area contributed by atoms with E-state index in [4.69, 9.17) is 23.1 Å². The Balaban J connectivity index is 0.00000131. The number of halogens is 3. The van der Waals surface area contributed by atoms with Crippen LogP contribution in [0.1, 0.15) is 30.3 Å². The Morgan fingerprint density at radius 1 is 1.15 bits per heavy atom. The first-order chi connectivity index (χ1) is 12.1. The molecule has 0 radical (unpaired) electrons. The summed E-state index contributed by atoms with van der Waals surface area (Å²) in [5.41, 5.74) is 14.5. The molecule has 1 aromatic carbocycles. The predicted molar refractivity (Wildman–Crippen MR) is 114 cm³/mol.